The average Bonchev–Trinajstić information content (AvgIpc) is 2.94. The van der Waals surface area contributed by atoms with Crippen LogP contribution >= 0.6 is 0 Å². The molecule has 43 heavy (non-hydrogen) atoms. The third-order valence-corrected chi connectivity index (χ3v) is 8.59. The zero-order valence-electron chi connectivity index (χ0n) is 25.6. The molecule has 244 valence electrons. The van der Waals surface area contributed by atoms with Crippen molar-refractivity contribution in [2.75, 3.05) is 18.4 Å². The fourth-order valence-electron chi connectivity index (χ4n) is 6.12. The van der Waals surface area contributed by atoms with E-state index in [0.717, 1.165) is 19.9 Å². The number of alkyl halides is 3. The first-order valence-corrected chi connectivity index (χ1v) is 15.7. The normalized spacial score (nSPS) is 28.5. The van der Waals surface area contributed by atoms with Gasteiger partial charge in [0.1, 0.15) is 18.0 Å². The molecule has 3 rings (SSSR count). The van der Waals surface area contributed by atoms with Crippen molar-refractivity contribution in [2.24, 2.45) is 17.6 Å². The maximum Gasteiger partial charge on any atom is 0.319 e. The van der Waals surface area contributed by atoms with Gasteiger partial charge in [-0.25, -0.2) is 18.0 Å². The number of amides is 3. The van der Waals surface area contributed by atoms with E-state index < -0.39 is 48.1 Å². The van der Waals surface area contributed by atoms with Gasteiger partial charge in [-0.1, -0.05) is 6.92 Å². The summed E-state index contributed by atoms with van der Waals surface area (Å²) in [5.74, 6) is -3.74. The lowest BCUT2D eigenvalue weighted by Crippen LogP contribution is -2.59. The van der Waals surface area contributed by atoms with Crippen molar-refractivity contribution in [2.45, 2.75) is 121 Å². The number of carbonyl (C=O) groups is 2. The van der Waals surface area contributed by atoms with E-state index in [4.69, 9.17) is 10.5 Å². The van der Waals surface area contributed by atoms with Crippen LogP contribution in [0.3, 0.4) is 0 Å². The summed E-state index contributed by atoms with van der Waals surface area (Å²) in [5.41, 5.74) is 5.94. The van der Waals surface area contributed by atoms with Gasteiger partial charge in [-0.15, -0.1) is 0 Å². The Balaban J connectivity index is 1.56. The number of hydrogen-bond donors (Lipinski definition) is 6. The topological polar surface area (TPSA) is 138 Å². The number of rotatable bonds is 14. The molecule has 0 heterocycles. The summed E-state index contributed by atoms with van der Waals surface area (Å²) in [7, 11) is 0. The Hall–Kier alpha value is -2.57. The molecule has 2 aliphatic rings. The third kappa shape index (κ3) is 11.1. The van der Waals surface area contributed by atoms with E-state index in [9.17, 15) is 27.9 Å². The van der Waals surface area contributed by atoms with Gasteiger partial charge in [0.2, 0.25) is 11.8 Å². The van der Waals surface area contributed by atoms with Crippen LogP contribution < -0.4 is 31.7 Å². The second-order valence-corrected chi connectivity index (χ2v) is 12.3. The van der Waals surface area contributed by atoms with Crippen LogP contribution in [0.15, 0.2) is 24.3 Å². The highest BCUT2D eigenvalue weighted by molar-refractivity contribution is 5.89. The first-order valence-electron chi connectivity index (χ1n) is 15.7. The second-order valence-electron chi connectivity index (χ2n) is 12.3. The first-order chi connectivity index (χ1) is 20.4. The molecule has 1 aromatic carbocycles. The van der Waals surface area contributed by atoms with Crippen LogP contribution in [0.4, 0.5) is 23.7 Å². The van der Waals surface area contributed by atoms with Crippen molar-refractivity contribution in [3.63, 3.8) is 0 Å². The van der Waals surface area contributed by atoms with Crippen molar-refractivity contribution in [3.8, 4) is 5.75 Å². The number of urea groups is 1. The lowest BCUT2D eigenvalue weighted by atomic mass is 9.78. The summed E-state index contributed by atoms with van der Waals surface area (Å²) in [6, 6.07) is 4.55. The molecule has 12 heteroatoms. The van der Waals surface area contributed by atoms with Crippen LogP contribution in [0.25, 0.3) is 0 Å². The smallest absolute Gasteiger partial charge is 0.319 e. The SMILES string of the molecule is CCCNC1CC(Oc2ccc(NC(=O)NC3CC(C(C)F)CC(NC(=O)CCCCN)C3O)cc2)CC(C(C)(F)F)C1. The van der Waals surface area contributed by atoms with E-state index in [1.54, 1.807) is 24.3 Å². The van der Waals surface area contributed by atoms with Gasteiger partial charge in [0.25, 0.3) is 0 Å². The number of anilines is 1. The highest BCUT2D eigenvalue weighted by atomic mass is 19.3. The van der Waals surface area contributed by atoms with Crippen molar-refractivity contribution in [3.05, 3.63) is 24.3 Å². The monoisotopic (exact) mass is 613 g/mol. The molecule has 9 nitrogen and oxygen atoms in total. The summed E-state index contributed by atoms with van der Waals surface area (Å²) < 4.78 is 48.8. The number of halogens is 3. The first kappa shape index (κ1) is 34.9. The maximum absolute atomic E-state index is 14.3. The minimum Gasteiger partial charge on any atom is -0.490 e. The Kier molecular flexibility index (Phi) is 13.4. The van der Waals surface area contributed by atoms with Crippen LogP contribution in [0, 0.1) is 11.8 Å². The largest absolute Gasteiger partial charge is 0.490 e. The summed E-state index contributed by atoms with van der Waals surface area (Å²) in [5, 5.41) is 22.5. The molecule has 1 aromatic rings. The molecule has 0 spiro atoms. The van der Waals surface area contributed by atoms with Gasteiger partial charge in [-0.3, -0.25) is 4.79 Å². The molecule has 0 bridgehead atoms. The Labute approximate surface area is 253 Å². The molecule has 2 aliphatic carbocycles. The average molecular weight is 614 g/mol. The molecular weight excluding hydrogens is 563 g/mol. The Morgan fingerprint density at radius 1 is 1.07 bits per heavy atom. The Morgan fingerprint density at radius 2 is 1.74 bits per heavy atom. The van der Waals surface area contributed by atoms with E-state index in [0.29, 0.717) is 43.7 Å². The lowest BCUT2D eigenvalue weighted by molar-refractivity contribution is -0.123. The summed E-state index contributed by atoms with van der Waals surface area (Å²) >= 11 is 0. The van der Waals surface area contributed by atoms with Crippen molar-refractivity contribution in [1.29, 1.82) is 0 Å². The summed E-state index contributed by atoms with van der Waals surface area (Å²) in [6.07, 6.45) is 1.67. The van der Waals surface area contributed by atoms with Gasteiger partial charge in [-0.2, -0.15) is 0 Å². The van der Waals surface area contributed by atoms with Crippen LogP contribution in [-0.2, 0) is 4.79 Å². The van der Waals surface area contributed by atoms with Crippen LogP contribution in [-0.4, -0.2) is 72.6 Å². The van der Waals surface area contributed by atoms with E-state index in [1.165, 1.54) is 6.92 Å². The molecule has 0 saturated heterocycles. The molecule has 0 radical (unpaired) electrons. The van der Waals surface area contributed by atoms with E-state index in [-0.39, 0.29) is 43.7 Å². The number of ether oxygens (including phenoxy) is 1. The summed E-state index contributed by atoms with van der Waals surface area (Å²) in [4.78, 5) is 25.2. The maximum atomic E-state index is 14.3. The van der Waals surface area contributed by atoms with Gasteiger partial charge >= 0.3 is 6.03 Å². The van der Waals surface area contributed by atoms with Gasteiger partial charge < -0.3 is 36.8 Å². The number of nitrogens with one attached hydrogen (secondary N) is 4. The molecular formula is C31H50F3N5O4. The molecule has 3 amide bonds. The predicted molar refractivity (Wildman–Crippen MR) is 161 cm³/mol. The zero-order valence-corrected chi connectivity index (χ0v) is 25.6. The molecule has 2 fully saturated rings. The predicted octanol–water partition coefficient (Wildman–Crippen LogP) is 4.49. The minimum absolute atomic E-state index is 0.0432. The van der Waals surface area contributed by atoms with Gasteiger partial charge in [0, 0.05) is 24.1 Å². The molecule has 0 aliphatic heterocycles. The van der Waals surface area contributed by atoms with Crippen molar-refractivity contribution in [1.82, 2.24) is 16.0 Å². The second kappa shape index (κ2) is 16.5. The van der Waals surface area contributed by atoms with Gasteiger partial charge in [0.05, 0.1) is 18.2 Å². The number of benzene rings is 1. The molecule has 8 atom stereocenters. The van der Waals surface area contributed by atoms with Gasteiger partial charge in [-0.05, 0) is 108 Å². The number of unbranched alkanes of at least 4 members (excludes halogenated alkanes) is 1. The fraction of sp³-hybridized carbons (Fsp3) is 0.742. The highest BCUT2D eigenvalue weighted by Gasteiger charge is 2.42. The lowest BCUT2D eigenvalue weighted by Gasteiger charge is -2.40. The van der Waals surface area contributed by atoms with E-state index >= 15 is 0 Å². The quantitative estimate of drug-likeness (QED) is 0.171. The number of nitrogens with two attached hydrogens (primary N) is 1. The van der Waals surface area contributed by atoms with Crippen LogP contribution in [0.2, 0.25) is 0 Å². The zero-order chi connectivity index (χ0) is 31.6. The summed E-state index contributed by atoms with van der Waals surface area (Å²) in [6.45, 7) is 5.68. The van der Waals surface area contributed by atoms with Crippen molar-refractivity contribution >= 4 is 17.6 Å². The van der Waals surface area contributed by atoms with Crippen molar-refractivity contribution < 1.29 is 32.6 Å². The Bertz CT molecular complexity index is 1010. The van der Waals surface area contributed by atoms with Crippen LogP contribution in [0.5, 0.6) is 5.75 Å². The standard InChI is InChI=1S/C31H50F3N5O4/c1-4-13-36-23-16-21(31(3,33)34)17-25(18-23)43-24-10-8-22(9-11-24)37-30(42)39-27-15-20(19(2)32)14-26(29(27)41)38-28(40)7-5-6-12-35/h8-11,19-21,23,25-27,29,36,41H,4-7,12-18,35H2,1-3H3,(H,38,40)(H2,37,39,42). The highest BCUT2D eigenvalue weighted by Crippen LogP contribution is 2.38. The number of aliphatic hydroxyl groups excluding tert-OH is 1. The molecule has 2 saturated carbocycles. The minimum atomic E-state index is -2.79. The third-order valence-electron chi connectivity index (χ3n) is 8.59. The van der Waals surface area contributed by atoms with Crippen LogP contribution in [0.1, 0.15) is 78.6 Å². The number of hydrogen-bond acceptors (Lipinski definition) is 6. The molecule has 7 N–H and O–H groups in total. The number of carbonyl (C=O) groups excluding carboxylic acids is 2. The molecule has 0 aromatic heterocycles. The van der Waals surface area contributed by atoms with Gasteiger partial charge in [0.15, 0.2) is 0 Å². The number of aliphatic hydroxyl groups is 1. The van der Waals surface area contributed by atoms with E-state index in [2.05, 4.69) is 21.3 Å². The fourth-order valence-corrected chi connectivity index (χ4v) is 6.12. The molecule has 8 unspecified atom stereocenters. The van der Waals surface area contributed by atoms with E-state index in [1.807, 2.05) is 6.92 Å². The Morgan fingerprint density at radius 3 is 2.35 bits per heavy atom.